The molecule has 0 bridgehead atoms. The van der Waals surface area contributed by atoms with E-state index in [2.05, 4.69) is 6.92 Å². The number of aliphatic carboxylic acids is 1. The summed E-state index contributed by atoms with van der Waals surface area (Å²) in [5.41, 5.74) is 0. The Morgan fingerprint density at radius 1 is 1.13 bits per heavy atom. The second-order valence-electron chi connectivity index (χ2n) is 4.23. The van der Waals surface area contributed by atoms with Crippen molar-refractivity contribution in [2.45, 2.75) is 63.3 Å². The molecular weight excluding hydrogens is 242 g/mol. The summed E-state index contributed by atoms with van der Waals surface area (Å²) >= 11 is 1.22. The van der Waals surface area contributed by atoms with Crippen LogP contribution in [0.4, 0.5) is 0 Å². The normalized spacial score (nSPS) is 12.7. The molecule has 0 aromatic heterocycles. The average molecular weight is 265 g/mol. The first-order valence-corrected chi connectivity index (χ1v) is 8.34. The van der Waals surface area contributed by atoms with Crippen LogP contribution in [-0.2, 0) is 23.1 Å². The van der Waals surface area contributed by atoms with Crippen molar-refractivity contribution in [1.82, 2.24) is 0 Å². The molecular formula is C12H23O2Zn. The van der Waals surface area contributed by atoms with Gasteiger partial charge < -0.3 is 0 Å². The second kappa shape index (κ2) is 10.6. The van der Waals surface area contributed by atoms with Gasteiger partial charge in [-0.1, -0.05) is 0 Å². The van der Waals surface area contributed by atoms with Gasteiger partial charge in [0.2, 0.25) is 0 Å². The molecule has 0 heterocycles. The molecule has 1 unspecified atom stereocenters. The molecule has 0 aromatic rings. The van der Waals surface area contributed by atoms with Crippen LogP contribution in [0, 0.1) is 5.92 Å². The van der Waals surface area contributed by atoms with E-state index in [1.54, 1.807) is 0 Å². The molecule has 0 spiro atoms. The summed E-state index contributed by atoms with van der Waals surface area (Å²) in [4.78, 5) is 10.9. The first-order valence-electron chi connectivity index (χ1n) is 6.24. The summed E-state index contributed by atoms with van der Waals surface area (Å²) in [6, 6.07) is 0. The predicted octanol–water partition coefficient (Wildman–Crippen LogP) is 3.79. The fourth-order valence-electron chi connectivity index (χ4n) is 1.81. The van der Waals surface area contributed by atoms with Gasteiger partial charge >= 0.3 is 103 Å². The van der Waals surface area contributed by atoms with Gasteiger partial charge in [0.25, 0.3) is 0 Å². The van der Waals surface area contributed by atoms with Crippen LogP contribution in [0.25, 0.3) is 0 Å². The molecule has 3 heteroatoms. The van der Waals surface area contributed by atoms with Gasteiger partial charge in [-0.25, -0.2) is 0 Å². The van der Waals surface area contributed by atoms with Crippen LogP contribution in [0.15, 0.2) is 0 Å². The van der Waals surface area contributed by atoms with Crippen molar-refractivity contribution in [2.75, 3.05) is 0 Å². The molecule has 0 saturated heterocycles. The fourth-order valence-corrected chi connectivity index (χ4v) is 2.84. The summed E-state index contributed by atoms with van der Waals surface area (Å²) < 4.78 is 0. The van der Waals surface area contributed by atoms with Gasteiger partial charge in [-0.2, -0.15) is 0 Å². The van der Waals surface area contributed by atoms with Crippen LogP contribution >= 0.6 is 0 Å². The Balaban J connectivity index is 3.41. The maximum absolute atomic E-state index is 10.9. The fraction of sp³-hybridized carbons (Fsp3) is 0.917. The molecule has 0 aliphatic rings. The molecule has 0 saturated carbocycles. The molecule has 0 aromatic carbocycles. The maximum atomic E-state index is 10.9. The van der Waals surface area contributed by atoms with Gasteiger partial charge in [0.15, 0.2) is 0 Å². The zero-order chi connectivity index (χ0) is 11.5. The molecule has 0 fully saturated rings. The van der Waals surface area contributed by atoms with E-state index in [9.17, 15) is 4.79 Å². The Bertz CT molecular complexity index is 160. The van der Waals surface area contributed by atoms with Crippen molar-refractivity contribution in [3.8, 4) is 0 Å². The van der Waals surface area contributed by atoms with Crippen molar-refractivity contribution in [3.05, 3.63) is 0 Å². The summed E-state index contributed by atoms with van der Waals surface area (Å²) in [7, 11) is 0. The van der Waals surface area contributed by atoms with E-state index in [1.807, 2.05) is 0 Å². The molecule has 85 valence electrons. The van der Waals surface area contributed by atoms with Crippen LogP contribution < -0.4 is 0 Å². The number of rotatable bonds is 10. The number of unbranched alkanes of at least 4 members (excludes halogenated alkanes) is 5. The van der Waals surface area contributed by atoms with E-state index in [-0.39, 0.29) is 5.92 Å². The Labute approximate surface area is 104 Å². The van der Waals surface area contributed by atoms with Gasteiger partial charge in [-0.15, -0.1) is 0 Å². The first-order chi connectivity index (χ1) is 7.22. The summed E-state index contributed by atoms with van der Waals surface area (Å²) in [5.74, 6) is -0.651. The number of carboxylic acids is 1. The minimum absolute atomic E-state index is 0.0649. The minimum atomic E-state index is -0.586. The van der Waals surface area contributed by atoms with Gasteiger partial charge in [0, 0.05) is 0 Å². The monoisotopic (exact) mass is 263 g/mol. The summed E-state index contributed by atoms with van der Waals surface area (Å²) in [6.45, 7) is 2.21. The van der Waals surface area contributed by atoms with E-state index in [0.717, 1.165) is 24.3 Å². The number of hydrogen-bond donors (Lipinski definition) is 1. The molecule has 0 aliphatic carbocycles. The zero-order valence-electron chi connectivity index (χ0n) is 10.0. The quantitative estimate of drug-likeness (QED) is 0.481. The van der Waals surface area contributed by atoms with Gasteiger partial charge in [-0.3, -0.25) is 0 Å². The molecule has 1 atom stereocenters. The Morgan fingerprint density at radius 2 is 1.73 bits per heavy atom. The van der Waals surface area contributed by atoms with Crippen molar-refractivity contribution >= 4 is 5.97 Å². The van der Waals surface area contributed by atoms with Crippen LogP contribution in [0.3, 0.4) is 0 Å². The SMILES string of the molecule is CCCCCCCCC(C[CH2][Zn])C(=O)O. The molecule has 0 radical (unpaired) electrons. The zero-order valence-corrected chi connectivity index (χ0v) is 13.0. The van der Waals surface area contributed by atoms with Crippen molar-refractivity contribution in [3.63, 3.8) is 0 Å². The van der Waals surface area contributed by atoms with Gasteiger partial charge in [0.05, 0.1) is 0 Å². The van der Waals surface area contributed by atoms with E-state index in [4.69, 9.17) is 5.11 Å². The van der Waals surface area contributed by atoms with E-state index in [0.29, 0.717) is 0 Å². The molecule has 0 amide bonds. The average Bonchev–Trinajstić information content (AvgIpc) is 2.21. The predicted molar refractivity (Wildman–Crippen MR) is 58.5 cm³/mol. The van der Waals surface area contributed by atoms with Crippen LogP contribution in [-0.4, -0.2) is 11.1 Å². The van der Waals surface area contributed by atoms with Crippen molar-refractivity contribution < 1.29 is 28.2 Å². The Morgan fingerprint density at radius 3 is 2.27 bits per heavy atom. The number of hydrogen-bond acceptors (Lipinski definition) is 1. The van der Waals surface area contributed by atoms with E-state index >= 15 is 0 Å². The Kier molecular flexibility index (Phi) is 10.7. The molecule has 0 rings (SSSR count). The third-order valence-corrected chi connectivity index (χ3v) is 3.66. The topological polar surface area (TPSA) is 37.3 Å². The third kappa shape index (κ3) is 9.05. The number of carbonyl (C=O) groups is 1. The van der Waals surface area contributed by atoms with Crippen LogP contribution in [0.2, 0.25) is 5.02 Å². The first kappa shape index (κ1) is 15.1. The van der Waals surface area contributed by atoms with Crippen molar-refractivity contribution in [1.29, 1.82) is 0 Å². The molecule has 2 nitrogen and oxygen atoms in total. The van der Waals surface area contributed by atoms with Crippen LogP contribution in [0.5, 0.6) is 0 Å². The third-order valence-electron chi connectivity index (χ3n) is 2.81. The van der Waals surface area contributed by atoms with E-state index < -0.39 is 5.97 Å². The standard InChI is InChI=1S/C12H23O2.Zn/c1-3-5-6-7-8-9-10-11(4-2)12(13)14;/h11H,2-10H2,1H3,(H,13,14);. The van der Waals surface area contributed by atoms with E-state index in [1.165, 1.54) is 50.4 Å². The van der Waals surface area contributed by atoms with Gasteiger partial charge in [-0.05, 0) is 0 Å². The Hall–Kier alpha value is 0.0934. The second-order valence-corrected chi connectivity index (χ2v) is 5.72. The summed E-state index contributed by atoms with van der Waals surface area (Å²) in [5, 5.41) is 10.1. The summed E-state index contributed by atoms with van der Waals surface area (Å²) in [6.07, 6.45) is 9.28. The van der Waals surface area contributed by atoms with Gasteiger partial charge in [0.1, 0.15) is 0 Å². The molecule has 0 aliphatic heterocycles. The van der Waals surface area contributed by atoms with Crippen LogP contribution in [0.1, 0.15) is 58.3 Å². The van der Waals surface area contributed by atoms with Crippen molar-refractivity contribution in [2.24, 2.45) is 5.92 Å². The molecule has 15 heavy (non-hydrogen) atoms. The molecule has 1 N–H and O–H groups in total. The number of carboxylic acid groups (broad SMARTS) is 1.